The summed E-state index contributed by atoms with van der Waals surface area (Å²) in [6.45, 7) is 0.255. The van der Waals surface area contributed by atoms with Crippen molar-refractivity contribution in [2.45, 2.75) is 0 Å². The fourth-order valence-corrected chi connectivity index (χ4v) is 2.51. The summed E-state index contributed by atoms with van der Waals surface area (Å²) in [6.07, 6.45) is 5.06. The fourth-order valence-electron chi connectivity index (χ4n) is 2.31. The van der Waals surface area contributed by atoms with Gasteiger partial charge in [-0.1, -0.05) is 29.8 Å². The zero-order valence-corrected chi connectivity index (χ0v) is 13.3. The summed E-state index contributed by atoms with van der Waals surface area (Å²) in [5.41, 5.74) is 2.24. The molecule has 1 heterocycles. The van der Waals surface area contributed by atoms with Crippen molar-refractivity contribution in [1.82, 2.24) is 0 Å². The third-order valence-corrected chi connectivity index (χ3v) is 3.91. The van der Waals surface area contributed by atoms with Gasteiger partial charge in [0, 0.05) is 16.2 Å². The lowest BCUT2D eigenvalue weighted by atomic mass is 10.0. The highest BCUT2D eigenvalue weighted by Gasteiger charge is 2.16. The van der Waals surface area contributed by atoms with Crippen LogP contribution in [0.1, 0.15) is 11.1 Å². The first kappa shape index (κ1) is 15.4. The van der Waals surface area contributed by atoms with Crippen LogP contribution in [0.4, 0.5) is 0 Å². The summed E-state index contributed by atoms with van der Waals surface area (Å²) in [6, 6.07) is 12.9. The first-order chi connectivity index (χ1) is 11.2. The molecule has 116 valence electrons. The Bertz CT molecular complexity index is 806. The molecule has 0 amide bonds. The number of ketones is 1. The Kier molecular flexibility index (Phi) is 4.49. The Morgan fingerprint density at radius 1 is 1.26 bits per heavy atom. The van der Waals surface area contributed by atoms with Gasteiger partial charge in [-0.2, -0.15) is 0 Å². The monoisotopic (exact) mass is 326 g/mol. The number of halogens is 1. The molecule has 2 aromatic carbocycles. The number of allylic oxidation sites excluding steroid dienone is 1. The van der Waals surface area contributed by atoms with E-state index in [1.54, 1.807) is 19.3 Å². The molecule has 0 N–H and O–H groups in total. The fraction of sp³-hybridized carbons (Fsp3) is 0.105. The van der Waals surface area contributed by atoms with Crippen LogP contribution in [0.5, 0.6) is 11.5 Å². The molecule has 0 saturated heterocycles. The second-order valence-electron chi connectivity index (χ2n) is 5.08. The first-order valence-corrected chi connectivity index (χ1v) is 7.53. The van der Waals surface area contributed by atoms with Crippen molar-refractivity contribution in [2.75, 3.05) is 13.7 Å². The SMILES string of the molecule is COc1ccc2c(c1)C=C(C(=O)/C=C/c1ccccc1Cl)CO2. The Morgan fingerprint density at radius 3 is 2.87 bits per heavy atom. The molecule has 0 fully saturated rings. The van der Waals surface area contributed by atoms with Crippen LogP contribution in [0.2, 0.25) is 5.02 Å². The second kappa shape index (κ2) is 6.71. The summed E-state index contributed by atoms with van der Waals surface area (Å²) in [7, 11) is 1.60. The second-order valence-corrected chi connectivity index (χ2v) is 5.49. The van der Waals surface area contributed by atoms with Crippen LogP contribution < -0.4 is 9.47 Å². The number of fused-ring (bicyclic) bond motifs is 1. The molecule has 4 heteroatoms. The minimum absolute atomic E-state index is 0.0987. The lowest BCUT2D eigenvalue weighted by Crippen LogP contribution is -2.13. The Balaban J connectivity index is 1.83. The molecule has 23 heavy (non-hydrogen) atoms. The van der Waals surface area contributed by atoms with Crippen LogP contribution in [-0.4, -0.2) is 19.5 Å². The average molecular weight is 327 g/mol. The third-order valence-electron chi connectivity index (χ3n) is 3.57. The van der Waals surface area contributed by atoms with Gasteiger partial charge < -0.3 is 9.47 Å². The molecule has 0 unspecified atom stereocenters. The van der Waals surface area contributed by atoms with Gasteiger partial charge in [0.2, 0.25) is 0 Å². The molecule has 0 bridgehead atoms. The highest BCUT2D eigenvalue weighted by Crippen LogP contribution is 2.30. The number of rotatable bonds is 4. The summed E-state index contributed by atoms with van der Waals surface area (Å²) in [5, 5.41) is 0.612. The van der Waals surface area contributed by atoms with E-state index in [0.717, 1.165) is 22.6 Å². The molecule has 3 nitrogen and oxygen atoms in total. The highest BCUT2D eigenvalue weighted by atomic mass is 35.5. The van der Waals surface area contributed by atoms with E-state index in [0.29, 0.717) is 10.6 Å². The maximum Gasteiger partial charge on any atom is 0.185 e. The van der Waals surface area contributed by atoms with Crippen LogP contribution in [0.25, 0.3) is 12.2 Å². The molecule has 1 aliphatic heterocycles. The molecular formula is C19H15ClO3. The van der Waals surface area contributed by atoms with E-state index < -0.39 is 0 Å². The lowest BCUT2D eigenvalue weighted by Gasteiger charge is -2.17. The molecule has 0 atom stereocenters. The number of carbonyl (C=O) groups is 1. The van der Waals surface area contributed by atoms with E-state index in [1.807, 2.05) is 42.5 Å². The molecule has 0 saturated carbocycles. The van der Waals surface area contributed by atoms with E-state index in [-0.39, 0.29) is 12.4 Å². The number of hydrogen-bond acceptors (Lipinski definition) is 3. The Morgan fingerprint density at radius 2 is 2.09 bits per heavy atom. The Hall–Kier alpha value is -2.52. The molecule has 0 spiro atoms. The highest BCUT2D eigenvalue weighted by molar-refractivity contribution is 6.32. The molecule has 1 aliphatic rings. The van der Waals surface area contributed by atoms with Crippen molar-refractivity contribution in [3.8, 4) is 11.5 Å². The van der Waals surface area contributed by atoms with Gasteiger partial charge in [-0.25, -0.2) is 0 Å². The molecule has 0 radical (unpaired) electrons. The van der Waals surface area contributed by atoms with Crippen LogP contribution in [0, 0.1) is 0 Å². The lowest BCUT2D eigenvalue weighted by molar-refractivity contribution is -0.111. The van der Waals surface area contributed by atoms with Gasteiger partial charge in [-0.3, -0.25) is 4.79 Å². The van der Waals surface area contributed by atoms with Crippen molar-refractivity contribution in [3.05, 3.63) is 70.3 Å². The van der Waals surface area contributed by atoms with E-state index in [9.17, 15) is 4.79 Å². The van der Waals surface area contributed by atoms with Crippen molar-refractivity contribution in [2.24, 2.45) is 0 Å². The van der Waals surface area contributed by atoms with Crippen molar-refractivity contribution in [1.29, 1.82) is 0 Å². The van der Waals surface area contributed by atoms with E-state index in [4.69, 9.17) is 21.1 Å². The first-order valence-electron chi connectivity index (χ1n) is 7.16. The summed E-state index contributed by atoms with van der Waals surface area (Å²) >= 11 is 6.08. The van der Waals surface area contributed by atoms with Crippen LogP contribution in [0.3, 0.4) is 0 Å². The van der Waals surface area contributed by atoms with Gasteiger partial charge in [0.05, 0.1) is 7.11 Å². The van der Waals surface area contributed by atoms with Crippen LogP contribution in [0.15, 0.2) is 54.1 Å². The summed E-state index contributed by atoms with van der Waals surface area (Å²) in [4.78, 5) is 12.3. The number of carbonyl (C=O) groups excluding carboxylic acids is 1. The minimum Gasteiger partial charge on any atom is -0.497 e. The van der Waals surface area contributed by atoms with Gasteiger partial charge in [-0.15, -0.1) is 0 Å². The Labute approximate surface area is 139 Å². The number of benzene rings is 2. The van der Waals surface area contributed by atoms with E-state index in [1.165, 1.54) is 6.08 Å². The zero-order valence-electron chi connectivity index (χ0n) is 12.6. The quantitative estimate of drug-likeness (QED) is 0.781. The smallest absolute Gasteiger partial charge is 0.185 e. The van der Waals surface area contributed by atoms with Crippen molar-refractivity contribution >= 4 is 29.5 Å². The maximum atomic E-state index is 12.3. The van der Waals surface area contributed by atoms with Crippen molar-refractivity contribution in [3.63, 3.8) is 0 Å². The molecular weight excluding hydrogens is 312 g/mol. The van der Waals surface area contributed by atoms with Crippen LogP contribution in [-0.2, 0) is 4.79 Å². The van der Waals surface area contributed by atoms with Gasteiger partial charge in [0.25, 0.3) is 0 Å². The standard InChI is InChI=1S/C19H15ClO3/c1-22-16-7-9-19-14(11-16)10-15(12-23-19)18(21)8-6-13-4-2-3-5-17(13)20/h2-11H,12H2,1H3/b8-6+. The number of hydrogen-bond donors (Lipinski definition) is 0. The molecule has 2 aromatic rings. The predicted octanol–water partition coefficient (Wildman–Crippen LogP) is 4.41. The summed E-state index contributed by atoms with van der Waals surface area (Å²) < 4.78 is 10.8. The average Bonchev–Trinajstić information content (AvgIpc) is 2.59. The van der Waals surface area contributed by atoms with Gasteiger partial charge in [-0.05, 0) is 48.1 Å². The van der Waals surface area contributed by atoms with E-state index >= 15 is 0 Å². The minimum atomic E-state index is -0.0987. The topological polar surface area (TPSA) is 35.5 Å². The van der Waals surface area contributed by atoms with Gasteiger partial charge in [0.1, 0.15) is 18.1 Å². The van der Waals surface area contributed by atoms with Gasteiger partial charge in [0.15, 0.2) is 5.78 Å². The largest absolute Gasteiger partial charge is 0.497 e. The number of methoxy groups -OCH3 is 1. The zero-order chi connectivity index (χ0) is 16.2. The molecule has 0 aromatic heterocycles. The normalized spacial score (nSPS) is 13.2. The maximum absolute atomic E-state index is 12.3. The third kappa shape index (κ3) is 3.46. The summed E-state index contributed by atoms with van der Waals surface area (Å²) in [5.74, 6) is 1.37. The van der Waals surface area contributed by atoms with Gasteiger partial charge >= 0.3 is 0 Å². The van der Waals surface area contributed by atoms with Crippen molar-refractivity contribution < 1.29 is 14.3 Å². The van der Waals surface area contributed by atoms with Crippen LogP contribution >= 0.6 is 11.6 Å². The van der Waals surface area contributed by atoms with E-state index in [2.05, 4.69) is 0 Å². The molecule has 3 rings (SSSR count). The number of ether oxygens (including phenoxy) is 2. The molecule has 0 aliphatic carbocycles. The predicted molar refractivity (Wildman–Crippen MR) is 92.0 cm³/mol.